The lowest BCUT2D eigenvalue weighted by atomic mass is 10.0. The quantitative estimate of drug-likeness (QED) is 0.714. The van der Waals surface area contributed by atoms with Crippen LogP contribution in [0.25, 0.3) is 5.69 Å². The summed E-state index contributed by atoms with van der Waals surface area (Å²) in [6, 6.07) is 15.5. The highest BCUT2D eigenvalue weighted by molar-refractivity contribution is 6.30. The molecule has 0 aliphatic heterocycles. The van der Waals surface area contributed by atoms with Gasteiger partial charge < -0.3 is 0 Å². The van der Waals surface area contributed by atoms with Crippen LogP contribution in [0.3, 0.4) is 0 Å². The molecule has 2 aromatic carbocycles. The summed E-state index contributed by atoms with van der Waals surface area (Å²) in [5, 5.41) is 5.07. The fourth-order valence-electron chi connectivity index (χ4n) is 2.69. The average Bonchev–Trinajstić information content (AvgIpc) is 2.83. The van der Waals surface area contributed by atoms with E-state index in [-0.39, 0.29) is 5.69 Å². The third kappa shape index (κ3) is 3.29. The maximum Gasteiger partial charge on any atom is 0.350 e. The van der Waals surface area contributed by atoms with Gasteiger partial charge in [-0.15, -0.1) is 0 Å². The van der Waals surface area contributed by atoms with Crippen LogP contribution in [0.5, 0.6) is 0 Å². The lowest BCUT2D eigenvalue weighted by Gasteiger charge is -2.07. The van der Waals surface area contributed by atoms with Crippen LogP contribution in [0.4, 0.5) is 0 Å². The molecule has 0 N–H and O–H groups in total. The van der Waals surface area contributed by atoms with Crippen molar-refractivity contribution in [1.82, 2.24) is 14.3 Å². The number of benzene rings is 2. The van der Waals surface area contributed by atoms with Crippen molar-refractivity contribution in [3.05, 3.63) is 81.0 Å². The molecule has 3 rings (SSSR count). The van der Waals surface area contributed by atoms with Crippen molar-refractivity contribution in [2.75, 3.05) is 0 Å². The van der Waals surface area contributed by atoms with Gasteiger partial charge in [0.25, 0.3) is 0 Å². The number of nitrogens with zero attached hydrogens (tertiary/aromatic N) is 3. The van der Waals surface area contributed by atoms with Gasteiger partial charge in [0.2, 0.25) is 0 Å². The van der Waals surface area contributed by atoms with Crippen LogP contribution in [0.2, 0.25) is 5.02 Å². The molecule has 0 amide bonds. The van der Waals surface area contributed by atoms with Crippen LogP contribution in [-0.2, 0) is 6.54 Å². The van der Waals surface area contributed by atoms with Crippen LogP contribution >= 0.6 is 11.6 Å². The molecular weight excluding hydrogens is 322 g/mol. The molecule has 0 saturated heterocycles. The Morgan fingerprint density at radius 3 is 2.25 bits per heavy atom. The number of hydrogen-bond acceptors (Lipinski definition) is 2. The summed E-state index contributed by atoms with van der Waals surface area (Å²) >= 11 is 5.90. The molecule has 0 radical (unpaired) electrons. The molecule has 5 heteroatoms. The predicted octanol–water partition coefficient (Wildman–Crippen LogP) is 4.17. The van der Waals surface area contributed by atoms with Crippen molar-refractivity contribution in [3.8, 4) is 5.69 Å². The second kappa shape index (κ2) is 6.65. The van der Waals surface area contributed by atoms with E-state index in [1.54, 1.807) is 4.57 Å². The van der Waals surface area contributed by atoms with Crippen molar-refractivity contribution in [2.24, 2.45) is 0 Å². The van der Waals surface area contributed by atoms with Crippen LogP contribution < -0.4 is 5.69 Å². The van der Waals surface area contributed by atoms with Crippen molar-refractivity contribution in [2.45, 2.75) is 33.2 Å². The molecule has 0 unspecified atom stereocenters. The summed E-state index contributed by atoms with van der Waals surface area (Å²) in [6.07, 6.45) is 0. The topological polar surface area (TPSA) is 39.8 Å². The highest BCUT2D eigenvalue weighted by Crippen LogP contribution is 2.17. The van der Waals surface area contributed by atoms with Crippen molar-refractivity contribution in [3.63, 3.8) is 0 Å². The van der Waals surface area contributed by atoms with Gasteiger partial charge in [0.15, 0.2) is 0 Å². The summed E-state index contributed by atoms with van der Waals surface area (Å²) in [5.41, 5.74) is 2.93. The third-order valence-corrected chi connectivity index (χ3v) is 4.32. The maximum absolute atomic E-state index is 12.7. The molecule has 0 saturated carbocycles. The Hall–Kier alpha value is -2.33. The maximum atomic E-state index is 12.7. The minimum absolute atomic E-state index is 0.139. The first-order valence-corrected chi connectivity index (χ1v) is 8.34. The normalized spacial score (nSPS) is 11.2. The van der Waals surface area contributed by atoms with Gasteiger partial charge in [-0.2, -0.15) is 5.10 Å². The Morgan fingerprint density at radius 2 is 1.67 bits per heavy atom. The van der Waals surface area contributed by atoms with E-state index < -0.39 is 0 Å². The lowest BCUT2D eigenvalue weighted by Crippen LogP contribution is -2.24. The van der Waals surface area contributed by atoms with Gasteiger partial charge in [0.05, 0.1) is 12.2 Å². The van der Waals surface area contributed by atoms with Crippen molar-refractivity contribution < 1.29 is 0 Å². The monoisotopic (exact) mass is 341 g/mol. The predicted molar refractivity (Wildman–Crippen MR) is 97.2 cm³/mol. The Balaban J connectivity index is 1.94. The molecule has 0 spiro atoms. The summed E-state index contributed by atoms with van der Waals surface area (Å²) in [5.74, 6) is 1.13. The molecule has 4 nitrogen and oxygen atoms in total. The molecule has 0 bridgehead atoms. The molecule has 0 aliphatic rings. The van der Waals surface area contributed by atoms with E-state index in [9.17, 15) is 4.79 Å². The number of hydrogen-bond donors (Lipinski definition) is 0. The first kappa shape index (κ1) is 16.5. The summed E-state index contributed by atoms with van der Waals surface area (Å²) < 4.78 is 3.12. The van der Waals surface area contributed by atoms with Gasteiger partial charge in [0.1, 0.15) is 5.82 Å². The van der Waals surface area contributed by atoms with Gasteiger partial charge >= 0.3 is 5.69 Å². The molecule has 0 fully saturated rings. The van der Waals surface area contributed by atoms with Crippen molar-refractivity contribution >= 4 is 11.6 Å². The van der Waals surface area contributed by atoms with E-state index in [2.05, 4.69) is 31.1 Å². The molecule has 1 heterocycles. The highest BCUT2D eigenvalue weighted by atomic mass is 35.5. The van der Waals surface area contributed by atoms with Gasteiger partial charge in [-0.3, -0.25) is 0 Å². The minimum Gasteiger partial charge on any atom is -0.247 e. The van der Waals surface area contributed by atoms with E-state index in [0.717, 1.165) is 11.3 Å². The molecule has 3 aromatic rings. The van der Waals surface area contributed by atoms with E-state index in [1.807, 2.05) is 43.3 Å². The van der Waals surface area contributed by atoms with Crippen molar-refractivity contribution in [1.29, 1.82) is 0 Å². The summed E-state index contributed by atoms with van der Waals surface area (Å²) in [7, 11) is 0. The summed E-state index contributed by atoms with van der Waals surface area (Å²) in [4.78, 5) is 12.7. The zero-order valence-corrected chi connectivity index (χ0v) is 14.8. The SMILES string of the molecule is Cc1nn(Cc2ccc(Cl)cc2)c(=O)n1-c1ccc(C(C)C)cc1. The van der Waals surface area contributed by atoms with Crippen LogP contribution in [0.15, 0.2) is 53.3 Å². The van der Waals surface area contributed by atoms with Gasteiger partial charge in [-0.1, -0.05) is 49.7 Å². The first-order chi connectivity index (χ1) is 11.5. The molecule has 1 aromatic heterocycles. The Kier molecular flexibility index (Phi) is 4.58. The molecular formula is C19H20ClN3O. The zero-order chi connectivity index (χ0) is 17.3. The lowest BCUT2D eigenvalue weighted by molar-refractivity contribution is 0.651. The zero-order valence-electron chi connectivity index (χ0n) is 14.0. The fourth-order valence-corrected chi connectivity index (χ4v) is 2.81. The van der Waals surface area contributed by atoms with E-state index in [1.165, 1.54) is 10.2 Å². The highest BCUT2D eigenvalue weighted by Gasteiger charge is 2.12. The van der Waals surface area contributed by atoms with Gasteiger partial charge in [-0.25, -0.2) is 14.0 Å². The van der Waals surface area contributed by atoms with E-state index in [4.69, 9.17) is 11.6 Å². The third-order valence-electron chi connectivity index (χ3n) is 4.06. The van der Waals surface area contributed by atoms with Crippen LogP contribution in [0.1, 0.15) is 36.7 Å². The number of rotatable bonds is 4. The Bertz CT molecular complexity index is 890. The molecule has 0 aliphatic carbocycles. The number of halogens is 1. The van der Waals surface area contributed by atoms with Crippen LogP contribution in [0, 0.1) is 6.92 Å². The van der Waals surface area contributed by atoms with Gasteiger partial charge in [0, 0.05) is 5.02 Å². The summed E-state index contributed by atoms with van der Waals surface area (Å²) in [6.45, 7) is 6.57. The van der Waals surface area contributed by atoms with Crippen LogP contribution in [-0.4, -0.2) is 14.3 Å². The number of aromatic nitrogens is 3. The fraction of sp³-hybridized carbons (Fsp3) is 0.263. The first-order valence-electron chi connectivity index (χ1n) is 7.97. The Labute approximate surface area is 146 Å². The van der Waals surface area contributed by atoms with Gasteiger partial charge in [-0.05, 0) is 48.2 Å². The Morgan fingerprint density at radius 1 is 1.04 bits per heavy atom. The van der Waals surface area contributed by atoms with E-state index in [0.29, 0.717) is 23.3 Å². The standard InChI is InChI=1S/C19H20ClN3O/c1-13(2)16-6-10-18(11-7-16)23-14(3)21-22(19(23)24)12-15-4-8-17(20)9-5-15/h4-11,13H,12H2,1-3H3. The second-order valence-corrected chi connectivity index (χ2v) is 6.63. The largest absolute Gasteiger partial charge is 0.350 e. The average molecular weight is 342 g/mol. The van der Waals surface area contributed by atoms with E-state index >= 15 is 0 Å². The minimum atomic E-state index is -0.139. The molecule has 24 heavy (non-hydrogen) atoms. The molecule has 124 valence electrons. The second-order valence-electron chi connectivity index (χ2n) is 6.20. The smallest absolute Gasteiger partial charge is 0.247 e. The molecule has 0 atom stereocenters. The number of aryl methyl sites for hydroxylation is 1.